The van der Waals surface area contributed by atoms with Crippen LogP contribution in [-0.2, 0) is 14.3 Å². The van der Waals surface area contributed by atoms with Gasteiger partial charge in [0.1, 0.15) is 12.4 Å². The van der Waals surface area contributed by atoms with Gasteiger partial charge in [-0.15, -0.1) is 0 Å². The van der Waals surface area contributed by atoms with Crippen molar-refractivity contribution in [3.05, 3.63) is 11.6 Å². The first-order chi connectivity index (χ1) is 11.5. The summed E-state index contributed by atoms with van der Waals surface area (Å²) in [6, 6.07) is 0. The molecule has 3 aliphatic rings. The maximum Gasteiger partial charge on any atom is 0.331 e. The number of hydrogen-bond donors (Lipinski definition) is 2. The molecule has 0 aromatic carbocycles. The van der Waals surface area contributed by atoms with Crippen LogP contribution in [0, 0.1) is 22.7 Å². The maximum absolute atomic E-state index is 13.1. The molecular weight excluding hydrogens is 320 g/mol. The van der Waals surface area contributed by atoms with E-state index in [9.17, 15) is 19.8 Å². The van der Waals surface area contributed by atoms with Gasteiger partial charge in [0.05, 0.1) is 11.7 Å². The standard InChI is InChI=1S/C20H30O5/c1-12-9-14-17(23)18(2,3)15(21)6-8-20(14,24)19(12,4)7-5-13-10-16(22)25-11-13/h10,12,14-15,21,24H,5-9,11H2,1-4H3/t12-,14+,15+,19-,20-/m1/s1. The summed E-state index contributed by atoms with van der Waals surface area (Å²) in [5.41, 5.74) is -1.41. The summed E-state index contributed by atoms with van der Waals surface area (Å²) < 4.78 is 4.97. The second-order valence-corrected chi connectivity index (χ2v) is 9.08. The van der Waals surface area contributed by atoms with Gasteiger partial charge < -0.3 is 14.9 Å². The first-order valence-electron chi connectivity index (χ1n) is 9.33. The van der Waals surface area contributed by atoms with E-state index in [4.69, 9.17) is 4.74 Å². The zero-order valence-corrected chi connectivity index (χ0v) is 15.7. The van der Waals surface area contributed by atoms with E-state index in [1.165, 1.54) is 6.08 Å². The van der Waals surface area contributed by atoms with Crippen molar-refractivity contribution in [2.75, 3.05) is 6.61 Å². The lowest BCUT2D eigenvalue weighted by atomic mass is 9.64. The maximum atomic E-state index is 13.1. The van der Waals surface area contributed by atoms with Gasteiger partial charge in [0.15, 0.2) is 0 Å². The molecule has 2 fully saturated rings. The number of Topliss-reactive ketones (excluding diaryl/α,β-unsaturated/α-hetero) is 1. The van der Waals surface area contributed by atoms with Gasteiger partial charge in [-0.1, -0.05) is 27.7 Å². The molecule has 0 spiro atoms. The van der Waals surface area contributed by atoms with E-state index in [0.29, 0.717) is 38.7 Å². The molecule has 140 valence electrons. The third kappa shape index (κ3) is 2.67. The lowest BCUT2D eigenvalue weighted by Crippen LogP contribution is -2.51. The van der Waals surface area contributed by atoms with Crippen molar-refractivity contribution in [3.63, 3.8) is 0 Å². The Kier molecular flexibility index (Phi) is 4.40. The summed E-state index contributed by atoms with van der Waals surface area (Å²) in [5, 5.41) is 22.1. The largest absolute Gasteiger partial charge is 0.458 e. The van der Waals surface area contributed by atoms with Gasteiger partial charge in [0.2, 0.25) is 0 Å². The van der Waals surface area contributed by atoms with Crippen LogP contribution in [0.4, 0.5) is 0 Å². The highest BCUT2D eigenvalue weighted by atomic mass is 16.5. The zero-order valence-electron chi connectivity index (χ0n) is 15.7. The Hall–Kier alpha value is -1.20. The second kappa shape index (κ2) is 5.92. The smallest absolute Gasteiger partial charge is 0.331 e. The molecule has 3 rings (SSSR count). The molecule has 5 nitrogen and oxygen atoms in total. The molecule has 0 bridgehead atoms. The van der Waals surface area contributed by atoms with Gasteiger partial charge in [0.25, 0.3) is 0 Å². The van der Waals surface area contributed by atoms with Crippen molar-refractivity contribution < 1.29 is 24.5 Å². The number of rotatable bonds is 3. The highest BCUT2D eigenvalue weighted by Gasteiger charge is 2.65. The zero-order chi connectivity index (χ0) is 18.6. The van der Waals surface area contributed by atoms with Crippen molar-refractivity contribution in [2.45, 2.75) is 71.5 Å². The summed E-state index contributed by atoms with van der Waals surface area (Å²) in [5.74, 6) is -0.564. The van der Waals surface area contributed by atoms with Crippen molar-refractivity contribution in [2.24, 2.45) is 22.7 Å². The molecule has 0 radical (unpaired) electrons. The second-order valence-electron chi connectivity index (χ2n) is 9.08. The molecule has 2 saturated carbocycles. The molecule has 25 heavy (non-hydrogen) atoms. The van der Waals surface area contributed by atoms with Gasteiger partial charge in [-0.3, -0.25) is 4.79 Å². The molecule has 0 aromatic rings. The Bertz CT molecular complexity index is 622. The molecule has 1 aliphatic heterocycles. The van der Waals surface area contributed by atoms with E-state index in [1.54, 1.807) is 13.8 Å². The first-order valence-corrected chi connectivity index (χ1v) is 9.33. The summed E-state index contributed by atoms with van der Waals surface area (Å²) in [6.07, 6.45) is 3.71. The fourth-order valence-corrected chi connectivity index (χ4v) is 5.19. The summed E-state index contributed by atoms with van der Waals surface area (Å²) in [4.78, 5) is 24.4. The molecule has 0 unspecified atom stereocenters. The Balaban J connectivity index is 1.88. The van der Waals surface area contributed by atoms with Gasteiger partial charge >= 0.3 is 5.97 Å². The molecule has 5 heteroatoms. The number of carbonyl (C=O) groups is 2. The van der Waals surface area contributed by atoms with Crippen LogP contribution in [0.25, 0.3) is 0 Å². The van der Waals surface area contributed by atoms with Crippen LogP contribution in [0.15, 0.2) is 11.6 Å². The molecule has 5 atom stereocenters. The average Bonchev–Trinajstić information content (AvgIpc) is 3.03. The monoisotopic (exact) mass is 350 g/mol. The van der Waals surface area contributed by atoms with Crippen LogP contribution in [0.2, 0.25) is 0 Å². The molecule has 0 aromatic heterocycles. The van der Waals surface area contributed by atoms with E-state index < -0.39 is 28.5 Å². The average molecular weight is 350 g/mol. The summed E-state index contributed by atoms with van der Waals surface area (Å²) in [6.45, 7) is 8.08. The number of aliphatic hydroxyl groups is 2. The number of aliphatic hydroxyl groups excluding tert-OH is 1. The number of esters is 1. The van der Waals surface area contributed by atoms with Crippen molar-refractivity contribution >= 4 is 11.8 Å². The van der Waals surface area contributed by atoms with Crippen LogP contribution < -0.4 is 0 Å². The van der Waals surface area contributed by atoms with Crippen LogP contribution in [0.3, 0.4) is 0 Å². The normalized spacial score (nSPS) is 43.4. The van der Waals surface area contributed by atoms with Crippen molar-refractivity contribution in [1.82, 2.24) is 0 Å². The molecular formula is C20H30O5. The molecule has 2 N–H and O–H groups in total. The van der Waals surface area contributed by atoms with E-state index >= 15 is 0 Å². The Morgan fingerprint density at radius 3 is 2.56 bits per heavy atom. The minimum Gasteiger partial charge on any atom is -0.458 e. The van der Waals surface area contributed by atoms with E-state index in [0.717, 1.165) is 5.57 Å². The number of cyclic esters (lactones) is 1. The fraction of sp³-hybridized carbons (Fsp3) is 0.800. The fourth-order valence-electron chi connectivity index (χ4n) is 5.19. The van der Waals surface area contributed by atoms with E-state index in [-0.39, 0.29) is 17.7 Å². The predicted molar refractivity (Wildman–Crippen MR) is 92.6 cm³/mol. The summed E-state index contributed by atoms with van der Waals surface area (Å²) >= 11 is 0. The first kappa shape index (κ1) is 18.6. The summed E-state index contributed by atoms with van der Waals surface area (Å²) in [7, 11) is 0. The number of carbonyl (C=O) groups excluding carboxylic acids is 2. The van der Waals surface area contributed by atoms with Crippen LogP contribution in [0.5, 0.6) is 0 Å². The van der Waals surface area contributed by atoms with Crippen molar-refractivity contribution in [1.29, 1.82) is 0 Å². The Morgan fingerprint density at radius 1 is 1.28 bits per heavy atom. The van der Waals surface area contributed by atoms with Gasteiger partial charge in [-0.25, -0.2) is 4.79 Å². The minimum atomic E-state index is -1.11. The van der Waals surface area contributed by atoms with Crippen LogP contribution in [0.1, 0.15) is 59.8 Å². The third-order valence-electron chi connectivity index (χ3n) is 7.51. The molecule has 1 heterocycles. The lowest BCUT2D eigenvalue weighted by Gasteiger charge is -2.44. The van der Waals surface area contributed by atoms with Gasteiger partial charge in [-0.05, 0) is 49.0 Å². The predicted octanol–water partition coefficient (Wildman–Crippen LogP) is 2.39. The van der Waals surface area contributed by atoms with Crippen LogP contribution in [-0.4, -0.2) is 40.3 Å². The quantitative estimate of drug-likeness (QED) is 0.764. The van der Waals surface area contributed by atoms with E-state index in [2.05, 4.69) is 13.8 Å². The third-order valence-corrected chi connectivity index (χ3v) is 7.51. The SMILES string of the molecule is C[C@@H]1C[C@H]2C(=O)C(C)(C)[C@@H](O)CC[C@]2(O)[C@]1(C)CCC1=CC(=O)OC1. The molecule has 0 saturated heterocycles. The van der Waals surface area contributed by atoms with Gasteiger partial charge in [0, 0.05) is 17.4 Å². The number of ether oxygens (including phenoxy) is 1. The van der Waals surface area contributed by atoms with E-state index in [1.807, 2.05) is 0 Å². The topological polar surface area (TPSA) is 83.8 Å². The highest BCUT2D eigenvalue weighted by molar-refractivity contribution is 5.89. The highest BCUT2D eigenvalue weighted by Crippen LogP contribution is 2.61. The Labute approximate surface area is 149 Å². The lowest BCUT2D eigenvalue weighted by molar-refractivity contribution is -0.147. The molecule has 2 aliphatic carbocycles. The van der Waals surface area contributed by atoms with Crippen LogP contribution >= 0.6 is 0 Å². The number of hydrogen-bond acceptors (Lipinski definition) is 5. The van der Waals surface area contributed by atoms with Crippen molar-refractivity contribution in [3.8, 4) is 0 Å². The number of ketones is 1. The Morgan fingerprint density at radius 2 is 1.96 bits per heavy atom. The van der Waals surface area contributed by atoms with Gasteiger partial charge in [-0.2, -0.15) is 0 Å². The minimum absolute atomic E-state index is 0.0193. The molecule has 0 amide bonds. The number of fused-ring (bicyclic) bond motifs is 1.